The number of nitrogens with zero attached hydrogens (tertiary/aromatic N) is 1. The van der Waals surface area contributed by atoms with Gasteiger partial charge in [-0.3, -0.25) is 9.78 Å². The van der Waals surface area contributed by atoms with E-state index in [2.05, 4.69) is 15.6 Å². The van der Waals surface area contributed by atoms with Gasteiger partial charge < -0.3 is 10.6 Å². The SMILES string of the molecule is CC(NC(=O)c1cncc(Nc2cccc(C(F)(F)F)c2)c1)c1ccccc1. The number of alkyl halides is 3. The van der Waals surface area contributed by atoms with Crippen LogP contribution in [0.2, 0.25) is 0 Å². The van der Waals surface area contributed by atoms with E-state index in [9.17, 15) is 18.0 Å². The van der Waals surface area contributed by atoms with Gasteiger partial charge in [0.25, 0.3) is 5.91 Å². The maximum atomic E-state index is 12.8. The predicted octanol–water partition coefficient (Wildman–Crippen LogP) is 5.34. The average Bonchev–Trinajstić information content (AvgIpc) is 2.68. The number of rotatable bonds is 5. The molecule has 0 bridgehead atoms. The molecule has 0 aliphatic heterocycles. The Morgan fingerprint density at radius 3 is 2.43 bits per heavy atom. The average molecular weight is 385 g/mol. The second kappa shape index (κ2) is 8.12. The molecule has 28 heavy (non-hydrogen) atoms. The fraction of sp³-hybridized carbons (Fsp3) is 0.143. The van der Waals surface area contributed by atoms with Crippen LogP contribution in [0.3, 0.4) is 0 Å². The van der Waals surface area contributed by atoms with Crippen LogP contribution >= 0.6 is 0 Å². The van der Waals surface area contributed by atoms with Crippen molar-refractivity contribution in [3.05, 3.63) is 89.7 Å². The summed E-state index contributed by atoms with van der Waals surface area (Å²) in [5.74, 6) is -0.323. The number of nitrogens with one attached hydrogen (secondary N) is 2. The Kier molecular flexibility index (Phi) is 5.63. The van der Waals surface area contributed by atoms with E-state index in [-0.39, 0.29) is 17.6 Å². The van der Waals surface area contributed by atoms with Crippen LogP contribution in [-0.2, 0) is 6.18 Å². The molecule has 0 saturated carbocycles. The number of aromatic nitrogens is 1. The van der Waals surface area contributed by atoms with Crippen LogP contribution < -0.4 is 10.6 Å². The quantitative estimate of drug-likeness (QED) is 0.624. The molecule has 7 heteroatoms. The lowest BCUT2D eigenvalue weighted by Crippen LogP contribution is -2.26. The molecule has 2 N–H and O–H groups in total. The highest BCUT2D eigenvalue weighted by molar-refractivity contribution is 5.95. The first kappa shape index (κ1) is 19.4. The Hall–Kier alpha value is -3.35. The second-order valence-electron chi connectivity index (χ2n) is 6.27. The third kappa shape index (κ3) is 4.88. The van der Waals surface area contributed by atoms with E-state index in [1.807, 2.05) is 37.3 Å². The summed E-state index contributed by atoms with van der Waals surface area (Å²) >= 11 is 0. The molecule has 0 saturated heterocycles. The zero-order valence-electron chi connectivity index (χ0n) is 15.0. The lowest BCUT2D eigenvalue weighted by atomic mass is 10.1. The van der Waals surface area contributed by atoms with E-state index in [1.54, 1.807) is 6.07 Å². The van der Waals surface area contributed by atoms with E-state index in [0.717, 1.165) is 17.7 Å². The highest BCUT2D eigenvalue weighted by atomic mass is 19.4. The molecule has 1 aromatic heterocycles. The molecule has 0 aliphatic rings. The summed E-state index contributed by atoms with van der Waals surface area (Å²) in [6.45, 7) is 1.87. The van der Waals surface area contributed by atoms with Crippen LogP contribution in [-0.4, -0.2) is 10.9 Å². The van der Waals surface area contributed by atoms with E-state index in [4.69, 9.17) is 0 Å². The Morgan fingerprint density at radius 1 is 0.964 bits per heavy atom. The largest absolute Gasteiger partial charge is 0.416 e. The number of halogens is 3. The van der Waals surface area contributed by atoms with Gasteiger partial charge in [0.05, 0.1) is 29.1 Å². The molecule has 1 atom stereocenters. The number of carbonyl (C=O) groups is 1. The molecule has 0 aliphatic carbocycles. The Balaban J connectivity index is 1.73. The maximum absolute atomic E-state index is 12.8. The highest BCUT2D eigenvalue weighted by Crippen LogP contribution is 2.31. The number of pyridine rings is 1. The number of hydrogen-bond acceptors (Lipinski definition) is 3. The van der Waals surface area contributed by atoms with Crippen molar-refractivity contribution >= 4 is 17.3 Å². The summed E-state index contributed by atoms with van der Waals surface area (Å²) in [6.07, 6.45) is -1.58. The summed E-state index contributed by atoms with van der Waals surface area (Å²) < 4.78 is 38.5. The van der Waals surface area contributed by atoms with Crippen molar-refractivity contribution in [2.75, 3.05) is 5.32 Å². The van der Waals surface area contributed by atoms with Gasteiger partial charge in [0.1, 0.15) is 0 Å². The third-order valence-corrected chi connectivity index (χ3v) is 4.13. The number of hydrogen-bond donors (Lipinski definition) is 2. The van der Waals surface area contributed by atoms with E-state index in [1.165, 1.54) is 24.5 Å². The van der Waals surface area contributed by atoms with Crippen molar-refractivity contribution in [3.63, 3.8) is 0 Å². The third-order valence-electron chi connectivity index (χ3n) is 4.13. The van der Waals surface area contributed by atoms with Gasteiger partial charge in [-0.05, 0) is 36.8 Å². The topological polar surface area (TPSA) is 54.0 Å². The highest BCUT2D eigenvalue weighted by Gasteiger charge is 2.30. The fourth-order valence-corrected chi connectivity index (χ4v) is 2.68. The molecule has 1 heterocycles. The minimum absolute atomic E-state index is 0.200. The van der Waals surface area contributed by atoms with Crippen LogP contribution in [0.25, 0.3) is 0 Å². The molecule has 1 unspecified atom stereocenters. The smallest absolute Gasteiger partial charge is 0.354 e. The first-order valence-corrected chi connectivity index (χ1v) is 8.58. The van der Waals surface area contributed by atoms with Crippen molar-refractivity contribution in [3.8, 4) is 0 Å². The molecular weight excluding hydrogens is 367 g/mol. The molecular formula is C21H18F3N3O. The monoisotopic (exact) mass is 385 g/mol. The number of anilines is 2. The van der Waals surface area contributed by atoms with Gasteiger partial charge in [-0.25, -0.2) is 0 Å². The van der Waals surface area contributed by atoms with Crippen molar-refractivity contribution in [1.82, 2.24) is 10.3 Å². The predicted molar refractivity (Wildman–Crippen MR) is 101 cm³/mol. The van der Waals surface area contributed by atoms with Crippen molar-refractivity contribution in [2.45, 2.75) is 19.1 Å². The van der Waals surface area contributed by atoms with E-state index < -0.39 is 11.7 Å². The summed E-state index contributed by atoms with van der Waals surface area (Å²) in [7, 11) is 0. The van der Waals surface area contributed by atoms with Gasteiger partial charge in [-0.15, -0.1) is 0 Å². The first-order chi connectivity index (χ1) is 13.3. The molecule has 3 rings (SSSR count). The Labute approximate surface area is 160 Å². The summed E-state index contributed by atoms with van der Waals surface area (Å²) in [6, 6.07) is 15.7. The van der Waals surface area contributed by atoms with Crippen molar-refractivity contribution in [2.24, 2.45) is 0 Å². The molecule has 0 radical (unpaired) electrons. The van der Waals surface area contributed by atoms with Gasteiger partial charge in [-0.2, -0.15) is 13.2 Å². The molecule has 0 fully saturated rings. The second-order valence-corrected chi connectivity index (χ2v) is 6.27. The summed E-state index contributed by atoms with van der Waals surface area (Å²) in [5, 5.41) is 5.73. The molecule has 4 nitrogen and oxygen atoms in total. The minimum Gasteiger partial charge on any atom is -0.354 e. The van der Waals surface area contributed by atoms with Gasteiger partial charge in [-0.1, -0.05) is 36.4 Å². The number of benzene rings is 2. The summed E-state index contributed by atoms with van der Waals surface area (Å²) in [4.78, 5) is 16.5. The van der Waals surface area contributed by atoms with Crippen LogP contribution in [0.4, 0.5) is 24.5 Å². The standard InChI is InChI=1S/C21H18F3N3O/c1-14(15-6-3-2-4-7-15)26-20(28)16-10-19(13-25-12-16)27-18-9-5-8-17(11-18)21(22,23)24/h2-14,27H,1H3,(H,26,28). The van der Waals surface area contributed by atoms with Gasteiger partial charge in [0.15, 0.2) is 0 Å². The molecule has 1 amide bonds. The van der Waals surface area contributed by atoms with Crippen LogP contribution in [0.5, 0.6) is 0 Å². The zero-order chi connectivity index (χ0) is 20.1. The van der Waals surface area contributed by atoms with Crippen LogP contribution in [0.1, 0.15) is 34.5 Å². The van der Waals surface area contributed by atoms with Gasteiger partial charge in [0, 0.05) is 11.9 Å². The van der Waals surface area contributed by atoms with Crippen LogP contribution in [0.15, 0.2) is 73.1 Å². The van der Waals surface area contributed by atoms with Gasteiger partial charge >= 0.3 is 6.18 Å². The Morgan fingerprint density at radius 2 is 1.71 bits per heavy atom. The lowest BCUT2D eigenvalue weighted by molar-refractivity contribution is -0.137. The molecule has 3 aromatic rings. The number of amides is 1. The van der Waals surface area contributed by atoms with E-state index in [0.29, 0.717) is 11.3 Å². The first-order valence-electron chi connectivity index (χ1n) is 8.58. The summed E-state index contributed by atoms with van der Waals surface area (Å²) in [5.41, 5.74) is 1.18. The molecule has 144 valence electrons. The van der Waals surface area contributed by atoms with Crippen LogP contribution in [0, 0.1) is 0 Å². The zero-order valence-corrected chi connectivity index (χ0v) is 15.0. The minimum atomic E-state index is -4.43. The number of carbonyl (C=O) groups excluding carboxylic acids is 1. The van der Waals surface area contributed by atoms with Crippen molar-refractivity contribution < 1.29 is 18.0 Å². The normalized spacial score (nSPS) is 12.3. The molecule has 0 spiro atoms. The van der Waals surface area contributed by atoms with E-state index >= 15 is 0 Å². The molecule has 2 aromatic carbocycles. The van der Waals surface area contributed by atoms with Gasteiger partial charge in [0.2, 0.25) is 0 Å². The maximum Gasteiger partial charge on any atom is 0.416 e. The fourth-order valence-electron chi connectivity index (χ4n) is 2.68. The lowest BCUT2D eigenvalue weighted by Gasteiger charge is -2.15. The van der Waals surface area contributed by atoms with Crippen molar-refractivity contribution in [1.29, 1.82) is 0 Å². The Bertz CT molecular complexity index is 958.